The average molecular weight is 243 g/mol. The van der Waals surface area contributed by atoms with Gasteiger partial charge in [-0.1, -0.05) is 6.07 Å². The highest BCUT2D eigenvalue weighted by Gasteiger charge is 2.08. The summed E-state index contributed by atoms with van der Waals surface area (Å²) in [7, 11) is 0. The SMILES string of the molecule is Cc1nc(N)cc(Nc2cccc(F)c2C#N)n1. The van der Waals surface area contributed by atoms with Gasteiger partial charge in [0.25, 0.3) is 0 Å². The van der Waals surface area contributed by atoms with Crippen LogP contribution in [0.5, 0.6) is 0 Å². The maximum Gasteiger partial charge on any atom is 0.143 e. The summed E-state index contributed by atoms with van der Waals surface area (Å²) in [6.45, 7) is 1.69. The molecule has 1 aromatic carbocycles. The van der Waals surface area contributed by atoms with Crippen LogP contribution in [0.2, 0.25) is 0 Å². The van der Waals surface area contributed by atoms with Crippen LogP contribution in [0.15, 0.2) is 24.3 Å². The fourth-order valence-electron chi connectivity index (χ4n) is 1.53. The van der Waals surface area contributed by atoms with Crippen molar-refractivity contribution < 1.29 is 4.39 Å². The van der Waals surface area contributed by atoms with E-state index in [1.807, 2.05) is 0 Å². The molecule has 1 heterocycles. The Balaban J connectivity index is 2.40. The lowest BCUT2D eigenvalue weighted by atomic mass is 10.2. The summed E-state index contributed by atoms with van der Waals surface area (Å²) in [4.78, 5) is 8.02. The minimum Gasteiger partial charge on any atom is -0.384 e. The second-order valence-corrected chi connectivity index (χ2v) is 3.62. The number of nitrogens with zero attached hydrogens (tertiary/aromatic N) is 3. The number of rotatable bonds is 2. The number of anilines is 3. The molecule has 0 radical (unpaired) electrons. The Labute approximate surface area is 103 Å². The first-order chi connectivity index (χ1) is 8.60. The van der Waals surface area contributed by atoms with Crippen molar-refractivity contribution in [3.05, 3.63) is 41.5 Å². The van der Waals surface area contributed by atoms with Crippen molar-refractivity contribution in [3.8, 4) is 6.07 Å². The summed E-state index contributed by atoms with van der Waals surface area (Å²) in [6.07, 6.45) is 0. The molecule has 3 N–H and O–H groups in total. The molecule has 18 heavy (non-hydrogen) atoms. The quantitative estimate of drug-likeness (QED) is 0.843. The van der Waals surface area contributed by atoms with Gasteiger partial charge in [-0.2, -0.15) is 5.26 Å². The van der Waals surface area contributed by atoms with Gasteiger partial charge in [-0.25, -0.2) is 14.4 Å². The Hall–Kier alpha value is -2.68. The molecular formula is C12H10FN5. The maximum atomic E-state index is 13.4. The Morgan fingerprint density at radius 1 is 1.39 bits per heavy atom. The number of nitrogens with one attached hydrogen (secondary N) is 1. The van der Waals surface area contributed by atoms with Crippen LogP contribution in [-0.4, -0.2) is 9.97 Å². The molecule has 2 rings (SSSR count). The van der Waals surface area contributed by atoms with Crippen molar-refractivity contribution in [2.75, 3.05) is 11.1 Å². The van der Waals surface area contributed by atoms with Gasteiger partial charge in [0, 0.05) is 6.07 Å². The van der Waals surface area contributed by atoms with Crippen LogP contribution in [0.25, 0.3) is 0 Å². The molecule has 6 heteroatoms. The predicted octanol–water partition coefficient (Wildman–Crippen LogP) is 2.12. The van der Waals surface area contributed by atoms with Gasteiger partial charge in [0.1, 0.15) is 34.9 Å². The molecule has 0 bridgehead atoms. The Kier molecular flexibility index (Phi) is 3.06. The van der Waals surface area contributed by atoms with E-state index in [9.17, 15) is 4.39 Å². The smallest absolute Gasteiger partial charge is 0.143 e. The van der Waals surface area contributed by atoms with Crippen LogP contribution in [0.3, 0.4) is 0 Å². The zero-order chi connectivity index (χ0) is 13.1. The molecule has 0 amide bonds. The summed E-state index contributed by atoms with van der Waals surface area (Å²) >= 11 is 0. The van der Waals surface area contributed by atoms with Crippen molar-refractivity contribution in [2.24, 2.45) is 0 Å². The lowest BCUT2D eigenvalue weighted by Gasteiger charge is -2.08. The fourth-order valence-corrected chi connectivity index (χ4v) is 1.53. The van der Waals surface area contributed by atoms with E-state index in [-0.39, 0.29) is 5.56 Å². The van der Waals surface area contributed by atoms with E-state index in [4.69, 9.17) is 11.0 Å². The lowest BCUT2D eigenvalue weighted by molar-refractivity contribution is 0.624. The van der Waals surface area contributed by atoms with Gasteiger partial charge < -0.3 is 11.1 Å². The number of nitriles is 1. The van der Waals surface area contributed by atoms with Crippen LogP contribution >= 0.6 is 0 Å². The summed E-state index contributed by atoms with van der Waals surface area (Å²) in [5, 5.41) is 11.8. The van der Waals surface area contributed by atoms with Gasteiger partial charge >= 0.3 is 0 Å². The molecule has 0 aliphatic rings. The summed E-state index contributed by atoms with van der Waals surface area (Å²) < 4.78 is 13.4. The monoisotopic (exact) mass is 243 g/mol. The standard InChI is InChI=1S/C12H10FN5/c1-7-16-11(15)5-12(17-7)18-10-4-2-3-9(13)8(10)6-14/h2-5H,1H3,(H3,15,16,17,18). The van der Waals surface area contributed by atoms with Crippen molar-refractivity contribution in [2.45, 2.75) is 6.92 Å². The van der Waals surface area contributed by atoms with Gasteiger partial charge in [0.2, 0.25) is 0 Å². The van der Waals surface area contributed by atoms with E-state index in [0.717, 1.165) is 0 Å². The lowest BCUT2D eigenvalue weighted by Crippen LogP contribution is -2.02. The first-order valence-corrected chi connectivity index (χ1v) is 5.17. The van der Waals surface area contributed by atoms with Crippen LogP contribution in [0.1, 0.15) is 11.4 Å². The normalized spacial score (nSPS) is 9.83. The Morgan fingerprint density at radius 3 is 2.83 bits per heavy atom. The first kappa shape index (κ1) is 11.8. The minimum absolute atomic E-state index is 0.0627. The third-order valence-corrected chi connectivity index (χ3v) is 2.25. The number of nitrogen functional groups attached to an aromatic ring is 1. The molecule has 90 valence electrons. The summed E-state index contributed by atoms with van der Waals surface area (Å²) in [5.74, 6) is 0.635. The van der Waals surface area contributed by atoms with E-state index in [2.05, 4.69) is 15.3 Å². The average Bonchev–Trinajstić information content (AvgIpc) is 2.27. The molecule has 0 saturated carbocycles. The fraction of sp³-hybridized carbons (Fsp3) is 0.0833. The third-order valence-electron chi connectivity index (χ3n) is 2.25. The van der Waals surface area contributed by atoms with Crippen molar-refractivity contribution in [1.82, 2.24) is 9.97 Å². The number of aromatic nitrogens is 2. The zero-order valence-corrected chi connectivity index (χ0v) is 9.61. The molecule has 0 saturated heterocycles. The van der Waals surface area contributed by atoms with E-state index in [1.165, 1.54) is 18.2 Å². The summed E-state index contributed by atoms with van der Waals surface area (Å²) in [6, 6.07) is 7.64. The van der Waals surface area contributed by atoms with Gasteiger partial charge in [-0.05, 0) is 19.1 Å². The number of aryl methyl sites for hydroxylation is 1. The van der Waals surface area contributed by atoms with Crippen LogP contribution in [-0.2, 0) is 0 Å². The molecule has 0 spiro atoms. The predicted molar refractivity (Wildman–Crippen MR) is 65.6 cm³/mol. The maximum absolute atomic E-state index is 13.4. The van der Waals surface area contributed by atoms with E-state index in [0.29, 0.717) is 23.1 Å². The Morgan fingerprint density at radius 2 is 2.17 bits per heavy atom. The molecule has 0 aliphatic carbocycles. The molecule has 1 aromatic heterocycles. The number of hydrogen-bond acceptors (Lipinski definition) is 5. The molecule has 0 aliphatic heterocycles. The van der Waals surface area contributed by atoms with Crippen LogP contribution in [0.4, 0.5) is 21.7 Å². The van der Waals surface area contributed by atoms with E-state index >= 15 is 0 Å². The van der Waals surface area contributed by atoms with Crippen LogP contribution < -0.4 is 11.1 Å². The molecular weight excluding hydrogens is 233 g/mol. The number of halogens is 1. The van der Waals surface area contributed by atoms with Gasteiger partial charge in [0.05, 0.1) is 5.69 Å². The highest BCUT2D eigenvalue weighted by molar-refractivity contribution is 5.65. The second kappa shape index (κ2) is 4.67. The third kappa shape index (κ3) is 2.35. The first-order valence-electron chi connectivity index (χ1n) is 5.17. The topological polar surface area (TPSA) is 87.6 Å². The number of nitrogens with two attached hydrogens (primary N) is 1. The largest absolute Gasteiger partial charge is 0.384 e. The second-order valence-electron chi connectivity index (χ2n) is 3.62. The van der Waals surface area contributed by atoms with Crippen molar-refractivity contribution >= 4 is 17.3 Å². The van der Waals surface area contributed by atoms with E-state index in [1.54, 1.807) is 19.1 Å². The zero-order valence-electron chi connectivity index (χ0n) is 9.61. The van der Waals surface area contributed by atoms with Crippen molar-refractivity contribution in [3.63, 3.8) is 0 Å². The van der Waals surface area contributed by atoms with Crippen molar-refractivity contribution in [1.29, 1.82) is 5.26 Å². The van der Waals surface area contributed by atoms with Gasteiger partial charge in [0.15, 0.2) is 0 Å². The molecule has 0 unspecified atom stereocenters. The highest BCUT2D eigenvalue weighted by atomic mass is 19.1. The van der Waals surface area contributed by atoms with Gasteiger partial charge in [-0.3, -0.25) is 0 Å². The molecule has 0 atom stereocenters. The highest BCUT2D eigenvalue weighted by Crippen LogP contribution is 2.22. The minimum atomic E-state index is -0.582. The van der Waals surface area contributed by atoms with Crippen LogP contribution in [0, 0.1) is 24.1 Å². The molecule has 2 aromatic rings. The number of hydrogen-bond donors (Lipinski definition) is 2. The molecule has 5 nitrogen and oxygen atoms in total. The van der Waals surface area contributed by atoms with Gasteiger partial charge in [-0.15, -0.1) is 0 Å². The molecule has 0 fully saturated rings. The Bertz CT molecular complexity index is 613. The van der Waals surface area contributed by atoms with E-state index < -0.39 is 5.82 Å². The number of benzene rings is 1. The summed E-state index contributed by atoms with van der Waals surface area (Å²) in [5.41, 5.74) is 5.86.